The van der Waals surface area contributed by atoms with E-state index in [2.05, 4.69) is 0 Å². The second-order valence-electron chi connectivity index (χ2n) is 1.80. The first-order chi connectivity index (χ1) is 6.80. The Morgan fingerprint density at radius 1 is 0.714 bits per heavy atom. The van der Waals surface area contributed by atoms with E-state index < -0.39 is 0 Å². The van der Waals surface area contributed by atoms with E-state index in [-0.39, 0.29) is 20.2 Å². The fourth-order valence-corrected chi connectivity index (χ4v) is 6.97. The average Bonchev–Trinajstić information content (AvgIpc) is 2.18. The van der Waals surface area contributed by atoms with Crippen LogP contribution in [0.5, 0.6) is 0 Å². The van der Waals surface area contributed by atoms with Gasteiger partial charge in [-0.15, -0.1) is 11.1 Å². The zero-order valence-electron chi connectivity index (χ0n) is 6.85. The molecule has 84 valence electrons. The molecule has 0 aromatic heterocycles. The van der Waals surface area contributed by atoms with Gasteiger partial charge in [-0.25, -0.2) is 0 Å². The number of nitrogens with zero attached hydrogens (tertiary/aromatic N) is 3. The summed E-state index contributed by atoms with van der Waals surface area (Å²) < 4.78 is 4.75. The van der Waals surface area contributed by atoms with Crippen molar-refractivity contribution in [3.05, 3.63) is 0 Å². The van der Waals surface area contributed by atoms with Crippen molar-refractivity contribution < 1.29 is 15.3 Å². The van der Waals surface area contributed by atoms with Crippen molar-refractivity contribution in [1.29, 1.82) is 0 Å². The van der Waals surface area contributed by atoms with Crippen molar-refractivity contribution in [3.8, 4) is 0 Å². The Bertz CT molecular complexity index is 152. The Labute approximate surface area is 102 Å². The minimum Gasteiger partial charge on any atom is -0.379 e. The summed E-state index contributed by atoms with van der Waals surface area (Å²) in [5, 5.41) is 26.8. The topological polar surface area (TPSA) is 70.4 Å². The molecule has 3 N–H and O–H groups in total. The van der Waals surface area contributed by atoms with Crippen LogP contribution in [0.4, 0.5) is 0 Å². The summed E-state index contributed by atoms with van der Waals surface area (Å²) in [6, 6.07) is 0. The van der Waals surface area contributed by atoms with E-state index in [1.165, 1.54) is 59.8 Å². The summed E-state index contributed by atoms with van der Waals surface area (Å²) in [4.78, 5) is 0. The highest BCUT2D eigenvalue weighted by Gasteiger charge is 2.21. The highest BCUT2D eigenvalue weighted by molar-refractivity contribution is 9.09. The van der Waals surface area contributed by atoms with Crippen LogP contribution in [0.3, 0.4) is 0 Å². The number of aliphatic hydroxyl groups excluding tert-OH is 3. The molecule has 0 saturated carbocycles. The van der Waals surface area contributed by atoms with Gasteiger partial charge in [0.2, 0.25) is 0 Å². The molecule has 0 aromatic carbocycles. The molecule has 0 spiro atoms. The fourth-order valence-electron chi connectivity index (χ4n) is 0.477. The van der Waals surface area contributed by atoms with Gasteiger partial charge in [-0.1, -0.05) is 0 Å². The second-order valence-corrected chi connectivity index (χ2v) is 8.43. The minimum atomic E-state index is -0.172. The maximum atomic E-state index is 8.98. The molecule has 1 fully saturated rings. The molecule has 0 bridgehead atoms. The highest BCUT2D eigenvalue weighted by atomic mass is 33.5. The lowest BCUT2D eigenvalue weighted by atomic mass is 11.4. The zero-order valence-corrected chi connectivity index (χ0v) is 10.9. The van der Waals surface area contributed by atoms with Crippen molar-refractivity contribution in [2.24, 2.45) is 0 Å². The van der Waals surface area contributed by atoms with E-state index in [0.717, 1.165) is 0 Å². The van der Waals surface area contributed by atoms with Crippen molar-refractivity contribution in [3.63, 3.8) is 0 Å². The highest BCUT2D eigenvalue weighted by Crippen LogP contribution is 2.49. The number of rotatable bonds is 3. The standard InChI is InChI=1S/C3H9N3O3S5/c7-1-4-10-5(2-8)12-14-13-6(3-9)11-4/h7-9H,1-3H2. The predicted molar refractivity (Wildman–Crippen MR) is 64.7 cm³/mol. The fraction of sp³-hybridized carbons (Fsp3) is 1.00. The Kier molecular flexibility index (Phi) is 7.49. The first-order valence-corrected chi connectivity index (χ1v) is 8.18. The van der Waals surface area contributed by atoms with Crippen molar-refractivity contribution >= 4 is 56.1 Å². The lowest BCUT2D eigenvalue weighted by Crippen LogP contribution is -2.23. The Balaban J connectivity index is 2.45. The normalized spacial score (nSPS) is 23.4. The van der Waals surface area contributed by atoms with Gasteiger partial charge in [-0.2, -0.15) is 0 Å². The van der Waals surface area contributed by atoms with E-state index in [4.69, 9.17) is 15.3 Å². The molecule has 0 amide bonds. The largest absolute Gasteiger partial charge is 0.379 e. The summed E-state index contributed by atoms with van der Waals surface area (Å²) in [6.07, 6.45) is 0. The summed E-state index contributed by atoms with van der Waals surface area (Å²) in [5.74, 6) is 0. The van der Waals surface area contributed by atoms with Gasteiger partial charge >= 0.3 is 0 Å². The van der Waals surface area contributed by atoms with Crippen molar-refractivity contribution in [2.45, 2.75) is 0 Å². The molecule has 14 heavy (non-hydrogen) atoms. The van der Waals surface area contributed by atoms with Gasteiger partial charge in [0.05, 0.1) is 0 Å². The van der Waals surface area contributed by atoms with Crippen LogP contribution in [-0.2, 0) is 0 Å². The molecule has 1 aliphatic heterocycles. The van der Waals surface area contributed by atoms with Gasteiger partial charge in [0.25, 0.3) is 0 Å². The predicted octanol–water partition coefficient (Wildman–Crippen LogP) is 0.741. The SMILES string of the molecule is OCN1SSSN(CO)SN(CO)S1. The van der Waals surface area contributed by atoms with Crippen LogP contribution in [0.25, 0.3) is 0 Å². The third kappa shape index (κ3) is 4.57. The van der Waals surface area contributed by atoms with Crippen LogP contribution in [0.15, 0.2) is 0 Å². The lowest BCUT2D eigenvalue weighted by molar-refractivity contribution is 0.223. The van der Waals surface area contributed by atoms with Gasteiger partial charge in [-0.3, -0.25) is 0 Å². The van der Waals surface area contributed by atoms with Gasteiger partial charge in [0.1, 0.15) is 20.2 Å². The lowest BCUT2D eigenvalue weighted by Gasteiger charge is -2.29. The maximum Gasteiger partial charge on any atom is 0.118 e. The van der Waals surface area contributed by atoms with Crippen LogP contribution in [0, 0.1) is 0 Å². The van der Waals surface area contributed by atoms with Crippen LogP contribution in [0.1, 0.15) is 0 Å². The number of aliphatic hydroxyl groups is 3. The first-order valence-electron chi connectivity index (χ1n) is 3.33. The zero-order chi connectivity index (χ0) is 10.4. The molecule has 0 atom stereocenters. The molecule has 0 radical (unpaired) electrons. The number of hydrogen-bond acceptors (Lipinski definition) is 11. The van der Waals surface area contributed by atoms with Gasteiger partial charge < -0.3 is 15.3 Å². The molecule has 1 heterocycles. The van der Waals surface area contributed by atoms with Crippen LogP contribution in [-0.4, -0.2) is 46.6 Å². The van der Waals surface area contributed by atoms with Gasteiger partial charge in [-0.05, 0) is 0 Å². The first kappa shape index (κ1) is 13.6. The second kappa shape index (κ2) is 7.73. The monoisotopic (exact) mass is 295 g/mol. The van der Waals surface area contributed by atoms with E-state index in [1.54, 1.807) is 7.42 Å². The number of hydrogen-bond donors (Lipinski definition) is 3. The summed E-state index contributed by atoms with van der Waals surface area (Å²) >= 11 is 2.38. The Hall–Kier alpha value is 1.51. The van der Waals surface area contributed by atoms with Crippen molar-refractivity contribution in [2.75, 3.05) is 20.2 Å². The molecular formula is C3H9N3O3S5. The quantitative estimate of drug-likeness (QED) is 0.510. The maximum absolute atomic E-state index is 8.98. The molecular weight excluding hydrogens is 286 g/mol. The van der Waals surface area contributed by atoms with E-state index in [9.17, 15) is 0 Å². The summed E-state index contributed by atoms with van der Waals surface area (Å²) in [7, 11) is 4.11. The molecule has 1 saturated heterocycles. The third-order valence-corrected chi connectivity index (χ3v) is 7.17. The smallest absolute Gasteiger partial charge is 0.118 e. The van der Waals surface area contributed by atoms with E-state index in [1.807, 2.05) is 0 Å². The summed E-state index contributed by atoms with van der Waals surface area (Å²) in [6.45, 7) is -0.397. The molecule has 11 heteroatoms. The average molecular weight is 295 g/mol. The molecule has 0 aromatic rings. The molecule has 6 nitrogen and oxygen atoms in total. The molecule has 0 unspecified atom stereocenters. The summed E-state index contributed by atoms with van der Waals surface area (Å²) in [5.41, 5.74) is 0. The third-order valence-electron chi connectivity index (χ3n) is 0.938. The molecule has 1 rings (SSSR count). The Morgan fingerprint density at radius 2 is 1.14 bits per heavy atom. The van der Waals surface area contributed by atoms with Gasteiger partial charge in [0.15, 0.2) is 0 Å². The Morgan fingerprint density at radius 3 is 1.50 bits per heavy atom. The van der Waals surface area contributed by atoms with Crippen LogP contribution >= 0.6 is 56.1 Å². The molecule has 0 aliphatic carbocycles. The van der Waals surface area contributed by atoms with Gasteiger partial charge in [0, 0.05) is 56.1 Å². The van der Waals surface area contributed by atoms with Crippen molar-refractivity contribution in [1.82, 2.24) is 11.1 Å². The molecule has 1 aliphatic rings. The van der Waals surface area contributed by atoms with E-state index in [0.29, 0.717) is 0 Å². The minimum absolute atomic E-state index is 0.112. The van der Waals surface area contributed by atoms with Crippen LogP contribution in [0.2, 0.25) is 0 Å². The van der Waals surface area contributed by atoms with Crippen LogP contribution < -0.4 is 0 Å². The van der Waals surface area contributed by atoms with E-state index >= 15 is 0 Å².